The lowest BCUT2D eigenvalue weighted by atomic mass is 10.2. The Bertz CT molecular complexity index is 400. The number of rotatable bonds is 1. The van der Waals surface area contributed by atoms with Crippen LogP contribution in [0.3, 0.4) is 0 Å². The number of ether oxygens (including phenoxy) is 1. The van der Waals surface area contributed by atoms with Gasteiger partial charge < -0.3 is 9.84 Å². The quantitative estimate of drug-likeness (QED) is 0.582. The van der Waals surface area contributed by atoms with Crippen LogP contribution in [0.1, 0.15) is 12.5 Å². The molecule has 1 rings (SSSR count). The average molecular weight is 220 g/mol. The summed E-state index contributed by atoms with van der Waals surface area (Å²) in [5.41, 5.74) is -0.620. The van der Waals surface area contributed by atoms with Gasteiger partial charge in [0.25, 0.3) is 0 Å². The molecule has 1 N–H and O–H groups in total. The summed E-state index contributed by atoms with van der Waals surface area (Å²) < 4.78 is 43.3. The molecule has 82 valence electrons. The highest BCUT2D eigenvalue weighted by atomic mass is 19.1. The number of hydrogen-bond acceptors (Lipinski definition) is 3. The maximum Gasteiger partial charge on any atom is 0.308 e. The minimum atomic E-state index is -1.63. The van der Waals surface area contributed by atoms with Crippen LogP contribution in [-0.4, -0.2) is 11.1 Å². The van der Waals surface area contributed by atoms with E-state index in [9.17, 15) is 18.0 Å². The summed E-state index contributed by atoms with van der Waals surface area (Å²) in [6, 6.07) is 0. The number of halogens is 3. The second-order valence-electron chi connectivity index (χ2n) is 2.84. The van der Waals surface area contributed by atoms with Crippen LogP contribution in [0.4, 0.5) is 13.2 Å². The number of carbonyl (C=O) groups is 1. The van der Waals surface area contributed by atoms with E-state index in [2.05, 4.69) is 4.74 Å². The first-order valence-electron chi connectivity index (χ1n) is 3.90. The third-order valence-electron chi connectivity index (χ3n) is 1.72. The van der Waals surface area contributed by atoms with Crippen molar-refractivity contribution in [3.8, 4) is 11.5 Å². The van der Waals surface area contributed by atoms with Crippen molar-refractivity contribution in [1.82, 2.24) is 0 Å². The van der Waals surface area contributed by atoms with Crippen LogP contribution in [0.2, 0.25) is 0 Å². The fourth-order valence-corrected chi connectivity index (χ4v) is 0.978. The topological polar surface area (TPSA) is 46.5 Å². The second-order valence-corrected chi connectivity index (χ2v) is 2.84. The first kappa shape index (κ1) is 11.4. The lowest BCUT2D eigenvalue weighted by molar-refractivity contribution is -0.132. The molecule has 0 unspecified atom stereocenters. The molecular formula is C9H7F3O3. The highest BCUT2D eigenvalue weighted by Gasteiger charge is 2.24. The Morgan fingerprint density at radius 1 is 1.20 bits per heavy atom. The molecule has 0 heterocycles. The van der Waals surface area contributed by atoms with E-state index in [0.717, 1.165) is 13.8 Å². The van der Waals surface area contributed by atoms with Gasteiger partial charge in [-0.05, 0) is 6.92 Å². The summed E-state index contributed by atoms with van der Waals surface area (Å²) in [4.78, 5) is 10.5. The number of aromatic hydroxyl groups is 1. The predicted octanol–water partition coefficient (Wildman–Crippen LogP) is 2.04. The monoisotopic (exact) mass is 220 g/mol. The maximum atomic E-state index is 13.2. The van der Waals surface area contributed by atoms with E-state index in [-0.39, 0.29) is 0 Å². The molecule has 0 atom stereocenters. The zero-order valence-corrected chi connectivity index (χ0v) is 7.90. The van der Waals surface area contributed by atoms with Crippen molar-refractivity contribution in [3.05, 3.63) is 23.0 Å². The van der Waals surface area contributed by atoms with E-state index >= 15 is 0 Å². The van der Waals surface area contributed by atoms with E-state index in [4.69, 9.17) is 5.11 Å². The third kappa shape index (κ3) is 1.88. The highest BCUT2D eigenvalue weighted by Crippen LogP contribution is 2.34. The van der Waals surface area contributed by atoms with Gasteiger partial charge in [-0.3, -0.25) is 4.79 Å². The molecule has 0 bridgehead atoms. The normalized spacial score (nSPS) is 10.2. The van der Waals surface area contributed by atoms with E-state index in [0.29, 0.717) is 0 Å². The van der Waals surface area contributed by atoms with Gasteiger partial charge in [0.05, 0.1) is 0 Å². The summed E-state index contributed by atoms with van der Waals surface area (Å²) in [6.07, 6.45) is 0. The molecule has 0 amide bonds. The summed E-state index contributed by atoms with van der Waals surface area (Å²) in [5, 5.41) is 8.90. The van der Waals surface area contributed by atoms with E-state index in [1.807, 2.05) is 0 Å². The van der Waals surface area contributed by atoms with Crippen molar-refractivity contribution in [3.63, 3.8) is 0 Å². The van der Waals surface area contributed by atoms with Crippen molar-refractivity contribution < 1.29 is 27.8 Å². The van der Waals surface area contributed by atoms with Gasteiger partial charge in [-0.2, -0.15) is 4.39 Å². The molecule has 0 aliphatic rings. The minimum absolute atomic E-state index is 0.620. The largest absolute Gasteiger partial charge is 0.503 e. The standard InChI is InChI=1S/C9H7F3O3/c1-3-5(10)8(14)7(12)9(6(3)11)15-4(2)13/h14H,1-2H3. The maximum absolute atomic E-state index is 13.2. The van der Waals surface area contributed by atoms with Crippen LogP contribution < -0.4 is 4.74 Å². The first-order valence-corrected chi connectivity index (χ1v) is 3.90. The number of phenolic OH excluding ortho intramolecular Hbond substituents is 1. The summed E-state index contributed by atoms with van der Waals surface area (Å²) in [5.74, 6) is -7.84. The SMILES string of the molecule is CC(=O)Oc1c(F)c(C)c(F)c(O)c1F. The molecule has 0 spiro atoms. The van der Waals surface area contributed by atoms with Gasteiger partial charge in [0.2, 0.25) is 11.6 Å². The highest BCUT2D eigenvalue weighted by molar-refractivity contribution is 5.69. The van der Waals surface area contributed by atoms with E-state index in [1.54, 1.807) is 0 Å². The van der Waals surface area contributed by atoms with Crippen LogP contribution in [0, 0.1) is 24.4 Å². The molecule has 6 heteroatoms. The van der Waals surface area contributed by atoms with Gasteiger partial charge in [-0.25, -0.2) is 8.78 Å². The Hall–Kier alpha value is -1.72. The van der Waals surface area contributed by atoms with Gasteiger partial charge in [-0.1, -0.05) is 0 Å². The second kappa shape index (κ2) is 3.80. The molecule has 3 nitrogen and oxygen atoms in total. The lowest BCUT2D eigenvalue weighted by Gasteiger charge is -2.09. The van der Waals surface area contributed by atoms with Crippen molar-refractivity contribution >= 4 is 5.97 Å². The molecule has 0 aliphatic carbocycles. The summed E-state index contributed by atoms with van der Waals surface area (Å²) in [7, 11) is 0. The molecule has 1 aromatic carbocycles. The van der Waals surface area contributed by atoms with E-state index in [1.165, 1.54) is 0 Å². The summed E-state index contributed by atoms with van der Waals surface area (Å²) in [6.45, 7) is 1.91. The third-order valence-corrected chi connectivity index (χ3v) is 1.72. The lowest BCUT2D eigenvalue weighted by Crippen LogP contribution is -2.07. The van der Waals surface area contributed by atoms with Crippen LogP contribution in [0.25, 0.3) is 0 Å². The molecule has 0 radical (unpaired) electrons. The van der Waals surface area contributed by atoms with Crippen molar-refractivity contribution in [1.29, 1.82) is 0 Å². The number of esters is 1. The number of benzene rings is 1. The smallest absolute Gasteiger partial charge is 0.308 e. The van der Waals surface area contributed by atoms with Crippen LogP contribution >= 0.6 is 0 Å². The van der Waals surface area contributed by atoms with Crippen LogP contribution in [0.15, 0.2) is 0 Å². The van der Waals surface area contributed by atoms with Crippen LogP contribution in [0.5, 0.6) is 11.5 Å². The Labute approximate surface area is 83.1 Å². The van der Waals surface area contributed by atoms with E-state index < -0.39 is 40.5 Å². The summed E-state index contributed by atoms with van der Waals surface area (Å²) >= 11 is 0. The molecule has 0 aromatic heterocycles. The van der Waals surface area contributed by atoms with Crippen molar-refractivity contribution in [2.75, 3.05) is 0 Å². The Balaban J connectivity index is 3.45. The van der Waals surface area contributed by atoms with Gasteiger partial charge >= 0.3 is 5.97 Å². The average Bonchev–Trinajstić information content (AvgIpc) is 2.18. The van der Waals surface area contributed by atoms with Gasteiger partial charge in [0, 0.05) is 12.5 Å². The predicted molar refractivity (Wildman–Crippen MR) is 44.0 cm³/mol. The Kier molecular flexibility index (Phi) is 2.88. The molecule has 15 heavy (non-hydrogen) atoms. The molecule has 0 saturated heterocycles. The fraction of sp³-hybridized carbons (Fsp3) is 0.222. The molecule has 0 fully saturated rings. The van der Waals surface area contributed by atoms with Crippen molar-refractivity contribution in [2.24, 2.45) is 0 Å². The van der Waals surface area contributed by atoms with Gasteiger partial charge in [0.1, 0.15) is 0 Å². The number of carbonyl (C=O) groups excluding carboxylic acids is 1. The molecular weight excluding hydrogens is 213 g/mol. The Morgan fingerprint density at radius 2 is 1.73 bits per heavy atom. The molecule has 0 aliphatic heterocycles. The van der Waals surface area contributed by atoms with Gasteiger partial charge in [0.15, 0.2) is 17.4 Å². The first-order chi connectivity index (χ1) is 6.86. The fourth-order valence-electron chi connectivity index (χ4n) is 0.978. The van der Waals surface area contributed by atoms with Crippen molar-refractivity contribution in [2.45, 2.75) is 13.8 Å². The number of hydrogen-bond donors (Lipinski definition) is 1. The zero-order valence-electron chi connectivity index (χ0n) is 7.90. The Morgan fingerprint density at radius 3 is 2.20 bits per heavy atom. The molecule has 1 aromatic rings. The zero-order chi connectivity index (χ0) is 11.7. The van der Waals surface area contributed by atoms with Crippen LogP contribution in [-0.2, 0) is 4.79 Å². The minimum Gasteiger partial charge on any atom is -0.503 e. The van der Waals surface area contributed by atoms with Gasteiger partial charge in [-0.15, -0.1) is 0 Å². The number of phenols is 1. The molecule has 0 saturated carbocycles.